The zero-order chi connectivity index (χ0) is 14.0. The van der Waals surface area contributed by atoms with Crippen molar-refractivity contribution < 1.29 is 9.26 Å². The lowest BCUT2D eigenvalue weighted by Gasteiger charge is -2.23. The van der Waals surface area contributed by atoms with Crippen LogP contribution < -0.4 is 10.5 Å². The van der Waals surface area contributed by atoms with Gasteiger partial charge < -0.3 is 15.0 Å². The van der Waals surface area contributed by atoms with Crippen molar-refractivity contribution in [2.75, 3.05) is 7.11 Å². The molecule has 1 unspecified atom stereocenters. The lowest BCUT2D eigenvalue weighted by molar-refractivity contribution is 0.253. The predicted molar refractivity (Wildman–Crippen MR) is 72.7 cm³/mol. The summed E-state index contributed by atoms with van der Waals surface area (Å²) in [4.78, 5) is 4.36. The van der Waals surface area contributed by atoms with Crippen LogP contribution in [-0.4, -0.2) is 17.3 Å². The molecule has 0 amide bonds. The standard InChI is InChI=1S/C14H19N3O2/c1-14(2,3)11(15)13-16-12(17-19-13)9-5-7-10(18-4)8-6-9/h5-8,11H,15H2,1-4H3. The summed E-state index contributed by atoms with van der Waals surface area (Å²) < 4.78 is 10.4. The molecule has 2 N–H and O–H groups in total. The Bertz CT molecular complexity index is 541. The van der Waals surface area contributed by atoms with Crippen LogP contribution in [0.25, 0.3) is 11.4 Å². The van der Waals surface area contributed by atoms with E-state index >= 15 is 0 Å². The maximum atomic E-state index is 6.09. The Labute approximate surface area is 112 Å². The summed E-state index contributed by atoms with van der Waals surface area (Å²) in [5.74, 6) is 1.79. The fourth-order valence-electron chi connectivity index (χ4n) is 1.59. The third-order valence-corrected chi connectivity index (χ3v) is 2.99. The Morgan fingerprint density at radius 2 is 1.84 bits per heavy atom. The van der Waals surface area contributed by atoms with Gasteiger partial charge in [0.25, 0.3) is 0 Å². The number of hydrogen-bond donors (Lipinski definition) is 1. The Balaban J connectivity index is 2.25. The number of nitrogens with two attached hydrogens (primary N) is 1. The first-order chi connectivity index (χ1) is 8.91. The highest BCUT2D eigenvalue weighted by atomic mass is 16.5. The number of benzene rings is 1. The Morgan fingerprint density at radius 3 is 2.37 bits per heavy atom. The van der Waals surface area contributed by atoms with Gasteiger partial charge in [0.2, 0.25) is 11.7 Å². The quantitative estimate of drug-likeness (QED) is 0.919. The van der Waals surface area contributed by atoms with Crippen molar-refractivity contribution in [1.82, 2.24) is 10.1 Å². The molecule has 1 atom stereocenters. The first kappa shape index (κ1) is 13.5. The number of hydrogen-bond acceptors (Lipinski definition) is 5. The van der Waals surface area contributed by atoms with Crippen molar-refractivity contribution >= 4 is 0 Å². The summed E-state index contributed by atoms with van der Waals surface area (Å²) in [6.07, 6.45) is 0. The van der Waals surface area contributed by atoms with Crippen LogP contribution in [0.3, 0.4) is 0 Å². The first-order valence-corrected chi connectivity index (χ1v) is 6.15. The van der Waals surface area contributed by atoms with Gasteiger partial charge in [0.05, 0.1) is 13.2 Å². The third-order valence-electron chi connectivity index (χ3n) is 2.99. The predicted octanol–water partition coefficient (Wildman–Crippen LogP) is 2.79. The van der Waals surface area contributed by atoms with Crippen LogP contribution in [0, 0.1) is 5.41 Å². The van der Waals surface area contributed by atoms with E-state index in [4.69, 9.17) is 15.0 Å². The van der Waals surface area contributed by atoms with Crippen LogP contribution in [0.2, 0.25) is 0 Å². The van der Waals surface area contributed by atoms with Crippen LogP contribution in [0.15, 0.2) is 28.8 Å². The number of rotatable bonds is 3. The average Bonchev–Trinajstić information content (AvgIpc) is 2.86. The monoisotopic (exact) mass is 261 g/mol. The first-order valence-electron chi connectivity index (χ1n) is 6.15. The van der Waals surface area contributed by atoms with Gasteiger partial charge in [0, 0.05) is 5.56 Å². The van der Waals surface area contributed by atoms with Gasteiger partial charge in [-0.15, -0.1) is 0 Å². The van der Waals surface area contributed by atoms with E-state index < -0.39 is 0 Å². The van der Waals surface area contributed by atoms with E-state index in [1.807, 2.05) is 45.0 Å². The third kappa shape index (κ3) is 2.93. The molecule has 0 aliphatic heterocycles. The summed E-state index contributed by atoms with van der Waals surface area (Å²) in [6.45, 7) is 6.11. The van der Waals surface area contributed by atoms with Crippen molar-refractivity contribution in [3.8, 4) is 17.1 Å². The summed E-state index contributed by atoms with van der Waals surface area (Å²) in [7, 11) is 1.63. The number of methoxy groups -OCH3 is 1. The van der Waals surface area contributed by atoms with Gasteiger partial charge in [0.1, 0.15) is 5.75 Å². The molecular weight excluding hydrogens is 242 g/mol. The molecule has 0 aliphatic rings. The zero-order valence-corrected chi connectivity index (χ0v) is 11.7. The molecule has 0 spiro atoms. The maximum Gasteiger partial charge on any atom is 0.244 e. The van der Waals surface area contributed by atoms with E-state index in [0.29, 0.717) is 11.7 Å². The van der Waals surface area contributed by atoms with E-state index in [-0.39, 0.29) is 11.5 Å². The van der Waals surface area contributed by atoms with Crippen LogP contribution in [0.4, 0.5) is 0 Å². The van der Waals surface area contributed by atoms with E-state index in [2.05, 4.69) is 10.1 Å². The van der Waals surface area contributed by atoms with Crippen LogP contribution in [0.5, 0.6) is 5.75 Å². The molecule has 102 valence electrons. The van der Waals surface area contributed by atoms with Gasteiger partial charge >= 0.3 is 0 Å². The minimum atomic E-state index is -0.285. The van der Waals surface area contributed by atoms with Crippen molar-refractivity contribution in [3.05, 3.63) is 30.2 Å². The lowest BCUT2D eigenvalue weighted by Crippen LogP contribution is -2.26. The lowest BCUT2D eigenvalue weighted by atomic mass is 9.87. The Hall–Kier alpha value is -1.88. The van der Waals surface area contributed by atoms with Crippen molar-refractivity contribution in [2.24, 2.45) is 11.1 Å². The summed E-state index contributed by atoms with van der Waals surface area (Å²) >= 11 is 0. The molecule has 1 aromatic carbocycles. The minimum absolute atomic E-state index is 0.121. The fourth-order valence-corrected chi connectivity index (χ4v) is 1.59. The van der Waals surface area contributed by atoms with Gasteiger partial charge in [-0.1, -0.05) is 25.9 Å². The van der Waals surface area contributed by atoms with Crippen molar-refractivity contribution in [2.45, 2.75) is 26.8 Å². The fraction of sp³-hybridized carbons (Fsp3) is 0.429. The summed E-state index contributed by atoms with van der Waals surface area (Å²) in [5.41, 5.74) is 6.84. The van der Waals surface area contributed by atoms with Crippen LogP contribution in [0.1, 0.15) is 32.7 Å². The molecule has 0 bridgehead atoms. The van der Waals surface area contributed by atoms with Crippen molar-refractivity contribution in [1.29, 1.82) is 0 Å². The SMILES string of the molecule is COc1ccc(-c2noc(C(N)C(C)(C)C)n2)cc1. The number of nitrogens with zero attached hydrogens (tertiary/aromatic N) is 2. The largest absolute Gasteiger partial charge is 0.497 e. The average molecular weight is 261 g/mol. The maximum absolute atomic E-state index is 6.09. The molecule has 0 saturated carbocycles. The number of aromatic nitrogens is 2. The molecule has 5 nitrogen and oxygen atoms in total. The summed E-state index contributed by atoms with van der Waals surface area (Å²) in [5, 5.41) is 3.97. The topological polar surface area (TPSA) is 74.2 Å². The highest BCUT2D eigenvalue weighted by Gasteiger charge is 2.27. The zero-order valence-electron chi connectivity index (χ0n) is 11.7. The van der Waals surface area contributed by atoms with E-state index in [1.54, 1.807) is 7.11 Å². The van der Waals surface area contributed by atoms with Crippen LogP contribution in [-0.2, 0) is 0 Å². The van der Waals surface area contributed by atoms with Gasteiger partial charge in [0.15, 0.2) is 0 Å². The molecule has 0 fully saturated rings. The second-order valence-corrected chi connectivity index (χ2v) is 5.53. The molecular formula is C14H19N3O2. The highest BCUT2D eigenvalue weighted by Crippen LogP contribution is 2.30. The Kier molecular flexibility index (Phi) is 3.57. The van der Waals surface area contributed by atoms with Crippen LogP contribution >= 0.6 is 0 Å². The summed E-state index contributed by atoms with van der Waals surface area (Å²) in [6, 6.07) is 7.20. The molecule has 2 aromatic rings. The molecule has 1 aromatic heterocycles. The highest BCUT2D eigenvalue weighted by molar-refractivity contribution is 5.55. The number of ether oxygens (including phenoxy) is 1. The second-order valence-electron chi connectivity index (χ2n) is 5.53. The Morgan fingerprint density at radius 1 is 1.21 bits per heavy atom. The normalized spacial score (nSPS) is 13.3. The van der Waals surface area contributed by atoms with Gasteiger partial charge in [-0.3, -0.25) is 0 Å². The smallest absolute Gasteiger partial charge is 0.244 e. The van der Waals surface area contributed by atoms with Gasteiger partial charge in [-0.2, -0.15) is 4.98 Å². The van der Waals surface area contributed by atoms with Gasteiger partial charge in [-0.05, 0) is 29.7 Å². The molecule has 2 rings (SSSR count). The molecule has 0 aliphatic carbocycles. The molecule has 0 radical (unpaired) electrons. The van der Waals surface area contributed by atoms with Crippen molar-refractivity contribution in [3.63, 3.8) is 0 Å². The van der Waals surface area contributed by atoms with E-state index in [1.165, 1.54) is 0 Å². The second kappa shape index (κ2) is 5.01. The van der Waals surface area contributed by atoms with Gasteiger partial charge in [-0.25, -0.2) is 0 Å². The van der Waals surface area contributed by atoms with E-state index in [0.717, 1.165) is 11.3 Å². The molecule has 1 heterocycles. The van der Waals surface area contributed by atoms with E-state index in [9.17, 15) is 0 Å². The molecule has 0 saturated heterocycles. The molecule has 19 heavy (non-hydrogen) atoms. The minimum Gasteiger partial charge on any atom is -0.497 e. The molecule has 5 heteroatoms.